The van der Waals surface area contributed by atoms with Crippen molar-refractivity contribution in [1.29, 1.82) is 0 Å². The van der Waals surface area contributed by atoms with Gasteiger partial charge in [0, 0.05) is 25.7 Å². The number of alkyl halides is 3. The lowest BCUT2D eigenvalue weighted by Gasteiger charge is -2.38. The zero-order valence-corrected chi connectivity index (χ0v) is 25.3. The van der Waals surface area contributed by atoms with Crippen LogP contribution in [-0.4, -0.2) is 66.6 Å². The number of morpholine rings is 1. The second-order valence-electron chi connectivity index (χ2n) is 10.8. The lowest BCUT2D eigenvalue weighted by atomic mass is 9.95. The van der Waals surface area contributed by atoms with Crippen molar-refractivity contribution in [2.75, 3.05) is 31.8 Å². The number of anilines is 1. The molecule has 0 unspecified atom stereocenters. The zero-order chi connectivity index (χ0) is 32.5. The van der Waals surface area contributed by atoms with Crippen molar-refractivity contribution < 1.29 is 36.6 Å². The molecule has 0 aliphatic carbocycles. The highest BCUT2D eigenvalue weighted by atomic mass is 19.4. The highest BCUT2D eigenvalue weighted by Crippen LogP contribution is 2.33. The number of nitrogens with one attached hydrogen (secondary N) is 1. The molecule has 1 saturated heterocycles. The molecule has 4 rings (SSSR count). The van der Waals surface area contributed by atoms with E-state index in [0.717, 1.165) is 23.6 Å². The highest BCUT2D eigenvalue weighted by Gasteiger charge is 2.45. The fraction of sp³-hybridized carbons (Fsp3) is 0.419. The molecule has 1 aliphatic rings. The molecule has 1 amide bonds. The topological polar surface area (TPSA) is 103 Å². The van der Waals surface area contributed by atoms with E-state index in [9.17, 15) is 27.6 Å². The van der Waals surface area contributed by atoms with E-state index in [1.165, 1.54) is 17.6 Å². The number of carbonyl (C=O) groups is 2. The fourth-order valence-electron chi connectivity index (χ4n) is 5.45. The number of aromatic nitrogens is 2. The highest BCUT2D eigenvalue weighted by molar-refractivity contribution is 5.98. The maximum Gasteiger partial charge on any atom is 0.411 e. The number of carbonyl (C=O) groups excluding carboxylic acids is 2. The second-order valence-corrected chi connectivity index (χ2v) is 10.8. The van der Waals surface area contributed by atoms with Gasteiger partial charge in [-0.05, 0) is 62.1 Å². The van der Waals surface area contributed by atoms with Gasteiger partial charge in [0.1, 0.15) is 23.7 Å². The van der Waals surface area contributed by atoms with E-state index in [4.69, 9.17) is 9.47 Å². The van der Waals surface area contributed by atoms with Gasteiger partial charge in [0.2, 0.25) is 0 Å². The summed E-state index contributed by atoms with van der Waals surface area (Å²) in [5.41, 5.74) is 2.54. The third-order valence-electron chi connectivity index (χ3n) is 7.82. The molecule has 2 heterocycles. The normalized spacial score (nSPS) is 16.0. The number of hydrogen-bond donors (Lipinski definition) is 1. The molecule has 1 aliphatic heterocycles. The van der Waals surface area contributed by atoms with Gasteiger partial charge in [-0.1, -0.05) is 18.2 Å². The minimum Gasteiger partial charge on any atom is -0.467 e. The average molecular weight is 619 g/mol. The second kappa shape index (κ2) is 12.8. The Hall–Kier alpha value is -4.26. The molecule has 236 valence electrons. The Kier molecular flexibility index (Phi) is 9.47. The van der Waals surface area contributed by atoms with Gasteiger partial charge < -0.3 is 19.7 Å². The van der Waals surface area contributed by atoms with Crippen LogP contribution in [0, 0.1) is 33.5 Å². The first-order valence-electron chi connectivity index (χ1n) is 13.9. The van der Waals surface area contributed by atoms with Gasteiger partial charge in [-0.3, -0.25) is 14.2 Å². The van der Waals surface area contributed by atoms with E-state index >= 15 is 4.39 Å². The Morgan fingerprint density at radius 3 is 2.45 bits per heavy atom. The van der Waals surface area contributed by atoms with Crippen LogP contribution in [-0.2, 0) is 27.7 Å². The van der Waals surface area contributed by atoms with Gasteiger partial charge in [-0.15, -0.1) is 0 Å². The molecular weight excluding hydrogens is 584 g/mol. The Bertz CT molecular complexity index is 1630. The van der Waals surface area contributed by atoms with Crippen molar-refractivity contribution in [2.24, 2.45) is 7.05 Å². The van der Waals surface area contributed by atoms with Crippen LogP contribution < -0.4 is 15.8 Å². The number of benzene rings is 2. The lowest BCUT2D eigenvalue weighted by molar-refractivity contribution is -0.167. The number of aryl methyl sites for hydroxylation is 4. The number of esters is 1. The summed E-state index contributed by atoms with van der Waals surface area (Å²) in [5.74, 6) is -2.15. The van der Waals surface area contributed by atoms with Gasteiger partial charge in [0.05, 0.1) is 37.1 Å². The molecule has 9 nitrogen and oxygen atoms in total. The van der Waals surface area contributed by atoms with E-state index in [0.29, 0.717) is 28.2 Å². The summed E-state index contributed by atoms with van der Waals surface area (Å²) in [6.45, 7) is 6.05. The van der Waals surface area contributed by atoms with E-state index < -0.39 is 48.1 Å². The van der Waals surface area contributed by atoms with Gasteiger partial charge in [0.25, 0.3) is 11.5 Å². The number of halogens is 4. The summed E-state index contributed by atoms with van der Waals surface area (Å²) in [7, 11) is 2.79. The molecule has 1 aromatic heterocycles. The van der Waals surface area contributed by atoms with Gasteiger partial charge in [-0.25, -0.2) is 14.2 Å². The number of amides is 1. The van der Waals surface area contributed by atoms with Crippen LogP contribution >= 0.6 is 0 Å². The smallest absolute Gasteiger partial charge is 0.411 e. The van der Waals surface area contributed by atoms with Crippen molar-refractivity contribution in [1.82, 2.24) is 14.9 Å². The predicted molar refractivity (Wildman–Crippen MR) is 155 cm³/mol. The first kappa shape index (κ1) is 32.6. The quantitative estimate of drug-likeness (QED) is 0.314. The lowest BCUT2D eigenvalue weighted by Crippen LogP contribution is -2.53. The van der Waals surface area contributed by atoms with Crippen molar-refractivity contribution in [2.45, 2.75) is 52.4 Å². The molecule has 1 fully saturated rings. The van der Waals surface area contributed by atoms with Crippen molar-refractivity contribution in [3.05, 3.63) is 80.3 Å². The zero-order valence-electron chi connectivity index (χ0n) is 25.3. The van der Waals surface area contributed by atoms with Crippen LogP contribution in [0.1, 0.15) is 38.6 Å². The fourth-order valence-corrected chi connectivity index (χ4v) is 5.45. The van der Waals surface area contributed by atoms with E-state index in [1.807, 2.05) is 0 Å². The molecule has 0 spiro atoms. The Morgan fingerprint density at radius 2 is 1.84 bits per heavy atom. The number of rotatable bonds is 7. The molecular formula is C31H34F4N4O5. The van der Waals surface area contributed by atoms with Crippen molar-refractivity contribution in [3.8, 4) is 11.1 Å². The molecule has 2 atom stereocenters. The summed E-state index contributed by atoms with van der Waals surface area (Å²) in [6, 6.07) is 4.25. The number of nitrogens with zero attached hydrogens (tertiary/aromatic N) is 3. The number of hydrogen-bond acceptors (Lipinski definition) is 7. The molecule has 2 aromatic carbocycles. The summed E-state index contributed by atoms with van der Waals surface area (Å²) >= 11 is 0. The largest absolute Gasteiger partial charge is 0.467 e. The van der Waals surface area contributed by atoms with Gasteiger partial charge >= 0.3 is 12.1 Å². The van der Waals surface area contributed by atoms with Crippen LogP contribution in [0.3, 0.4) is 0 Å². The third kappa shape index (κ3) is 6.62. The van der Waals surface area contributed by atoms with E-state index in [-0.39, 0.29) is 36.4 Å². The molecule has 44 heavy (non-hydrogen) atoms. The van der Waals surface area contributed by atoms with Gasteiger partial charge in [0.15, 0.2) is 0 Å². The molecule has 0 saturated carbocycles. The first-order chi connectivity index (χ1) is 20.6. The maximum absolute atomic E-state index is 15.3. The SMILES string of the molecule is COC(=O)[C@H](Cc1ccc(-c2c(C)nc(C)n(C)c2=O)c(C)c1)NC(=O)c1c(C)cc(N2CCOC[C@@H]2C(F)(F)F)cc1F. The van der Waals surface area contributed by atoms with Crippen molar-refractivity contribution in [3.63, 3.8) is 0 Å². The summed E-state index contributed by atoms with van der Waals surface area (Å²) < 4.78 is 67.4. The summed E-state index contributed by atoms with van der Waals surface area (Å²) in [4.78, 5) is 44.3. The minimum absolute atomic E-state index is 0.0114. The van der Waals surface area contributed by atoms with E-state index in [1.54, 1.807) is 46.0 Å². The number of ether oxygens (including phenoxy) is 2. The van der Waals surface area contributed by atoms with Crippen LogP contribution in [0.2, 0.25) is 0 Å². The Labute approximate surface area is 251 Å². The average Bonchev–Trinajstić information content (AvgIpc) is 2.95. The molecule has 0 bridgehead atoms. The van der Waals surface area contributed by atoms with Crippen LogP contribution in [0.15, 0.2) is 35.1 Å². The van der Waals surface area contributed by atoms with Crippen molar-refractivity contribution >= 4 is 17.6 Å². The van der Waals surface area contributed by atoms with Crippen LogP contribution in [0.25, 0.3) is 11.1 Å². The minimum atomic E-state index is -4.60. The summed E-state index contributed by atoms with van der Waals surface area (Å²) in [5, 5.41) is 2.51. The van der Waals surface area contributed by atoms with Gasteiger partial charge in [-0.2, -0.15) is 13.2 Å². The maximum atomic E-state index is 15.3. The Balaban J connectivity index is 1.59. The Morgan fingerprint density at radius 1 is 1.14 bits per heavy atom. The molecule has 3 aromatic rings. The first-order valence-corrected chi connectivity index (χ1v) is 13.9. The number of methoxy groups -OCH3 is 1. The summed E-state index contributed by atoms with van der Waals surface area (Å²) in [6.07, 6.45) is -4.61. The monoisotopic (exact) mass is 618 g/mol. The van der Waals surface area contributed by atoms with E-state index in [2.05, 4.69) is 10.3 Å². The molecule has 0 radical (unpaired) electrons. The standard InChI is InChI=1S/C31H34F4N4O5/c1-16-11-20(7-8-22(16)27-18(3)36-19(4)38(5)29(27)41)13-24(30(42)43-6)37-28(40)26-17(2)12-21(14-23(26)32)39-9-10-44-15-25(39)31(33,34)35/h7-8,11-12,14,24-25H,9-10,13,15H2,1-6H3,(H,37,40)/t24-,25+/m0/s1. The predicted octanol–water partition coefficient (Wildman–Crippen LogP) is 4.10. The molecule has 13 heteroatoms. The molecule has 1 N–H and O–H groups in total. The third-order valence-corrected chi connectivity index (χ3v) is 7.82. The van der Waals surface area contributed by atoms with Crippen LogP contribution in [0.4, 0.5) is 23.2 Å². The van der Waals surface area contributed by atoms with Crippen LogP contribution in [0.5, 0.6) is 0 Å².